The lowest BCUT2D eigenvalue weighted by molar-refractivity contribution is -0.134. The van der Waals surface area contributed by atoms with Gasteiger partial charge in [0.25, 0.3) is 5.91 Å². The number of benzene rings is 1. The lowest BCUT2D eigenvalue weighted by atomic mass is 9.92. The highest BCUT2D eigenvalue weighted by molar-refractivity contribution is 6.35. The molecule has 1 aromatic rings. The molecule has 0 spiro atoms. The molecule has 2 N–H and O–H groups in total. The Balaban J connectivity index is 1.68. The number of nitrogens with one attached hydrogen (secondary N) is 2. The summed E-state index contributed by atoms with van der Waals surface area (Å²) in [5.74, 6) is -0.963. The van der Waals surface area contributed by atoms with Crippen molar-refractivity contribution in [1.29, 1.82) is 0 Å². The summed E-state index contributed by atoms with van der Waals surface area (Å²) in [6, 6.07) is 4.03. The van der Waals surface area contributed by atoms with E-state index in [2.05, 4.69) is 10.6 Å². The molecule has 9 heteroatoms. The van der Waals surface area contributed by atoms with E-state index in [9.17, 15) is 14.4 Å². The van der Waals surface area contributed by atoms with Crippen molar-refractivity contribution in [3.05, 3.63) is 33.8 Å². The van der Waals surface area contributed by atoms with Gasteiger partial charge < -0.3 is 15.4 Å². The zero-order chi connectivity index (χ0) is 18.9. The van der Waals surface area contributed by atoms with E-state index in [-0.39, 0.29) is 17.7 Å². The SMILES string of the molecule is C[C@@]1(c2ccc(Cl)cc2Cl)NC(=O)N(CC(=O)NC[C@H]2CCCO2)C1=O. The van der Waals surface area contributed by atoms with Crippen molar-refractivity contribution < 1.29 is 19.1 Å². The van der Waals surface area contributed by atoms with Crippen molar-refractivity contribution in [3.8, 4) is 0 Å². The Morgan fingerprint density at radius 2 is 2.19 bits per heavy atom. The van der Waals surface area contributed by atoms with Crippen molar-refractivity contribution in [1.82, 2.24) is 15.5 Å². The molecule has 0 unspecified atom stereocenters. The van der Waals surface area contributed by atoms with Gasteiger partial charge in [-0.15, -0.1) is 0 Å². The Hall–Kier alpha value is -1.83. The number of hydrogen-bond acceptors (Lipinski definition) is 4. The first-order chi connectivity index (χ1) is 12.3. The average molecular weight is 400 g/mol. The Kier molecular flexibility index (Phi) is 5.41. The number of ether oxygens (including phenoxy) is 1. The summed E-state index contributed by atoms with van der Waals surface area (Å²) in [5, 5.41) is 5.99. The first-order valence-corrected chi connectivity index (χ1v) is 9.05. The Morgan fingerprint density at radius 3 is 2.85 bits per heavy atom. The number of nitrogens with zero attached hydrogens (tertiary/aromatic N) is 1. The number of halogens is 2. The van der Waals surface area contributed by atoms with E-state index in [0.717, 1.165) is 17.7 Å². The highest BCUT2D eigenvalue weighted by Gasteiger charge is 2.50. The summed E-state index contributed by atoms with van der Waals surface area (Å²) in [6.45, 7) is 2.24. The first-order valence-electron chi connectivity index (χ1n) is 8.29. The molecule has 0 saturated carbocycles. The van der Waals surface area contributed by atoms with E-state index in [1.807, 2.05) is 0 Å². The molecular weight excluding hydrogens is 381 g/mol. The predicted octanol–water partition coefficient (Wildman–Crippen LogP) is 2.06. The number of amides is 4. The molecule has 4 amide bonds. The Bertz CT molecular complexity index is 752. The van der Waals surface area contributed by atoms with Gasteiger partial charge in [-0.2, -0.15) is 0 Å². The van der Waals surface area contributed by atoms with E-state index in [0.29, 0.717) is 23.7 Å². The van der Waals surface area contributed by atoms with Crippen LogP contribution in [0.2, 0.25) is 10.0 Å². The van der Waals surface area contributed by atoms with Crippen LogP contribution >= 0.6 is 23.2 Å². The third-order valence-electron chi connectivity index (χ3n) is 4.60. The van der Waals surface area contributed by atoms with Crippen LogP contribution in [0.25, 0.3) is 0 Å². The maximum atomic E-state index is 12.8. The smallest absolute Gasteiger partial charge is 0.325 e. The number of carbonyl (C=O) groups is 3. The van der Waals surface area contributed by atoms with Crippen molar-refractivity contribution in [2.75, 3.05) is 19.7 Å². The first kappa shape index (κ1) is 18.9. The third-order valence-corrected chi connectivity index (χ3v) is 5.15. The molecule has 3 rings (SSSR count). The van der Waals surface area contributed by atoms with Crippen LogP contribution in [0.15, 0.2) is 18.2 Å². The highest BCUT2D eigenvalue weighted by atomic mass is 35.5. The van der Waals surface area contributed by atoms with Crippen LogP contribution in [-0.2, 0) is 19.9 Å². The second-order valence-electron chi connectivity index (χ2n) is 6.51. The molecule has 0 radical (unpaired) electrons. The Morgan fingerprint density at radius 1 is 1.42 bits per heavy atom. The second-order valence-corrected chi connectivity index (χ2v) is 7.35. The van der Waals surface area contributed by atoms with E-state index >= 15 is 0 Å². The Labute approximate surface area is 160 Å². The van der Waals surface area contributed by atoms with E-state index in [1.54, 1.807) is 19.1 Å². The fraction of sp³-hybridized carbons (Fsp3) is 0.471. The van der Waals surface area contributed by atoms with Crippen LogP contribution in [0.4, 0.5) is 4.79 Å². The maximum Gasteiger partial charge on any atom is 0.325 e. The van der Waals surface area contributed by atoms with E-state index < -0.39 is 23.4 Å². The van der Waals surface area contributed by atoms with Gasteiger partial charge in [0, 0.05) is 28.8 Å². The quantitative estimate of drug-likeness (QED) is 0.741. The van der Waals surface area contributed by atoms with Gasteiger partial charge in [0.2, 0.25) is 5.91 Å². The predicted molar refractivity (Wildman–Crippen MR) is 96.0 cm³/mol. The van der Waals surface area contributed by atoms with Crippen molar-refractivity contribution in [2.45, 2.75) is 31.4 Å². The molecule has 2 saturated heterocycles. The molecular formula is C17H19Cl2N3O4. The lowest BCUT2D eigenvalue weighted by Crippen LogP contribution is -2.44. The van der Waals surface area contributed by atoms with E-state index in [1.165, 1.54) is 6.07 Å². The van der Waals surface area contributed by atoms with Crippen LogP contribution in [0.3, 0.4) is 0 Å². The molecule has 26 heavy (non-hydrogen) atoms. The summed E-state index contributed by atoms with van der Waals surface area (Å²) in [5.41, 5.74) is -0.933. The highest BCUT2D eigenvalue weighted by Crippen LogP contribution is 2.34. The maximum absolute atomic E-state index is 12.8. The number of rotatable bonds is 5. The van der Waals surface area contributed by atoms with Crippen molar-refractivity contribution in [2.24, 2.45) is 0 Å². The molecule has 0 aromatic heterocycles. The van der Waals surface area contributed by atoms with Crippen LogP contribution in [-0.4, -0.2) is 48.5 Å². The minimum atomic E-state index is -1.35. The molecule has 2 aliphatic rings. The molecule has 2 fully saturated rings. The molecule has 2 heterocycles. The van der Waals surface area contributed by atoms with Gasteiger partial charge in [-0.3, -0.25) is 14.5 Å². The largest absolute Gasteiger partial charge is 0.376 e. The average Bonchev–Trinajstić information content (AvgIpc) is 3.16. The van der Waals surface area contributed by atoms with Gasteiger partial charge in [-0.05, 0) is 31.9 Å². The van der Waals surface area contributed by atoms with Gasteiger partial charge in [0.15, 0.2) is 0 Å². The minimum Gasteiger partial charge on any atom is -0.376 e. The normalized spacial score (nSPS) is 25.5. The number of hydrogen-bond donors (Lipinski definition) is 2. The van der Waals surface area contributed by atoms with Gasteiger partial charge in [-0.1, -0.05) is 29.3 Å². The molecule has 0 bridgehead atoms. The zero-order valence-electron chi connectivity index (χ0n) is 14.2. The summed E-state index contributed by atoms with van der Waals surface area (Å²) >= 11 is 12.1. The van der Waals surface area contributed by atoms with Crippen LogP contribution in [0.5, 0.6) is 0 Å². The van der Waals surface area contributed by atoms with Gasteiger partial charge in [-0.25, -0.2) is 4.79 Å². The lowest BCUT2D eigenvalue weighted by Gasteiger charge is -2.23. The van der Waals surface area contributed by atoms with Gasteiger partial charge >= 0.3 is 6.03 Å². The molecule has 7 nitrogen and oxygen atoms in total. The summed E-state index contributed by atoms with van der Waals surface area (Å²) in [4.78, 5) is 38.1. The van der Waals surface area contributed by atoms with Gasteiger partial charge in [0.05, 0.1) is 6.10 Å². The van der Waals surface area contributed by atoms with Crippen molar-refractivity contribution in [3.63, 3.8) is 0 Å². The van der Waals surface area contributed by atoms with Gasteiger partial charge in [0.1, 0.15) is 12.1 Å². The number of imide groups is 1. The summed E-state index contributed by atoms with van der Waals surface area (Å²) in [6.07, 6.45) is 1.84. The van der Waals surface area contributed by atoms with Crippen LogP contribution < -0.4 is 10.6 Å². The minimum absolute atomic E-state index is 0.0137. The topological polar surface area (TPSA) is 87.7 Å². The standard InChI is InChI=1S/C17H19Cl2N3O4/c1-17(12-5-4-10(18)7-13(12)19)15(24)22(16(25)21-17)9-14(23)20-8-11-3-2-6-26-11/h4-5,7,11H,2-3,6,8-9H2,1H3,(H,20,23)(H,21,25)/t11-,17+/m1/s1. The number of carbonyl (C=O) groups excluding carboxylic acids is 3. The molecule has 0 aliphatic carbocycles. The van der Waals surface area contributed by atoms with Crippen LogP contribution in [0, 0.1) is 0 Å². The number of urea groups is 1. The molecule has 2 aliphatic heterocycles. The zero-order valence-corrected chi connectivity index (χ0v) is 15.7. The third kappa shape index (κ3) is 3.65. The molecule has 1 aromatic carbocycles. The van der Waals surface area contributed by atoms with Crippen LogP contribution in [0.1, 0.15) is 25.3 Å². The molecule has 2 atom stereocenters. The fourth-order valence-corrected chi connectivity index (χ4v) is 3.75. The van der Waals surface area contributed by atoms with Crippen molar-refractivity contribution >= 4 is 41.0 Å². The summed E-state index contributed by atoms with van der Waals surface area (Å²) in [7, 11) is 0. The summed E-state index contributed by atoms with van der Waals surface area (Å²) < 4.78 is 5.43. The fourth-order valence-electron chi connectivity index (χ4n) is 3.15. The monoisotopic (exact) mass is 399 g/mol. The van der Waals surface area contributed by atoms with E-state index in [4.69, 9.17) is 27.9 Å². The second kappa shape index (κ2) is 7.42. The molecule has 140 valence electrons.